The van der Waals surface area contributed by atoms with Crippen LogP contribution in [0.1, 0.15) is 12.0 Å². The third-order valence-corrected chi connectivity index (χ3v) is 6.58. The minimum absolute atomic E-state index is 0.259. The van der Waals surface area contributed by atoms with Gasteiger partial charge >= 0.3 is 0 Å². The largest absolute Gasteiger partial charge is 0.355 e. The SMILES string of the molecule is CN(Cc1ccccc1)c1cc(-n2nc(N3C[C@@H]4C[C@H]3CN4)c3ccc(F)cc32)ccn1. The molecule has 2 aromatic heterocycles. The van der Waals surface area contributed by atoms with Gasteiger partial charge in [0.15, 0.2) is 5.82 Å². The van der Waals surface area contributed by atoms with Crippen LogP contribution in [0.4, 0.5) is 16.0 Å². The van der Waals surface area contributed by atoms with Crippen molar-refractivity contribution in [1.82, 2.24) is 20.1 Å². The number of fused-ring (bicyclic) bond motifs is 3. The lowest BCUT2D eigenvalue weighted by Gasteiger charge is -2.27. The molecule has 0 amide bonds. The Labute approximate surface area is 186 Å². The smallest absolute Gasteiger partial charge is 0.159 e. The Hall–Kier alpha value is -3.45. The monoisotopic (exact) mass is 428 g/mol. The number of piperazine rings is 1. The van der Waals surface area contributed by atoms with Crippen molar-refractivity contribution in [3.05, 3.63) is 78.2 Å². The zero-order valence-electron chi connectivity index (χ0n) is 17.9. The minimum atomic E-state index is -0.259. The number of aromatic nitrogens is 3. The first-order valence-corrected chi connectivity index (χ1v) is 11.1. The molecule has 0 spiro atoms. The molecule has 0 aliphatic carbocycles. The van der Waals surface area contributed by atoms with Gasteiger partial charge in [-0.25, -0.2) is 14.1 Å². The molecule has 7 heteroatoms. The normalized spacial score (nSPS) is 19.8. The maximum Gasteiger partial charge on any atom is 0.159 e. The van der Waals surface area contributed by atoms with Crippen molar-refractivity contribution in [2.75, 3.05) is 29.9 Å². The van der Waals surface area contributed by atoms with Gasteiger partial charge in [-0.3, -0.25) is 0 Å². The highest BCUT2D eigenvalue weighted by Crippen LogP contribution is 2.35. The highest BCUT2D eigenvalue weighted by molar-refractivity contribution is 5.92. The predicted molar refractivity (Wildman–Crippen MR) is 125 cm³/mol. The molecule has 1 N–H and O–H groups in total. The number of hydrogen-bond donors (Lipinski definition) is 1. The third-order valence-electron chi connectivity index (χ3n) is 6.58. The van der Waals surface area contributed by atoms with Crippen molar-refractivity contribution in [3.63, 3.8) is 0 Å². The zero-order chi connectivity index (χ0) is 21.7. The molecule has 6 rings (SSSR count). The summed E-state index contributed by atoms with van der Waals surface area (Å²) < 4.78 is 16.1. The standard InChI is InChI=1S/C25H25FN6/c1-30(15-17-5-3-2-4-6-17)24-13-20(9-10-27-24)32-23-11-18(26)7-8-22(23)25(29-32)31-16-19-12-21(31)14-28-19/h2-11,13,19,21,28H,12,14-16H2,1H3/t19-,21-/m0/s1. The second kappa shape index (κ2) is 7.60. The van der Waals surface area contributed by atoms with E-state index in [1.54, 1.807) is 12.3 Å². The summed E-state index contributed by atoms with van der Waals surface area (Å²) in [5, 5.41) is 9.51. The van der Waals surface area contributed by atoms with Crippen molar-refractivity contribution < 1.29 is 4.39 Å². The molecule has 2 bridgehead atoms. The predicted octanol–water partition coefficient (Wildman–Crippen LogP) is 3.75. The van der Waals surface area contributed by atoms with Gasteiger partial charge in [0, 0.05) is 62.5 Å². The topological polar surface area (TPSA) is 49.2 Å². The number of rotatable bonds is 5. The van der Waals surface area contributed by atoms with Crippen molar-refractivity contribution in [3.8, 4) is 5.69 Å². The van der Waals surface area contributed by atoms with E-state index in [4.69, 9.17) is 5.10 Å². The van der Waals surface area contributed by atoms with E-state index >= 15 is 0 Å². The Morgan fingerprint density at radius 3 is 2.78 bits per heavy atom. The van der Waals surface area contributed by atoms with Gasteiger partial charge in [-0.2, -0.15) is 0 Å². The fraction of sp³-hybridized carbons (Fsp3) is 0.280. The van der Waals surface area contributed by atoms with Gasteiger partial charge in [-0.05, 0) is 30.2 Å². The van der Waals surface area contributed by atoms with Crippen LogP contribution in [-0.2, 0) is 6.54 Å². The highest BCUT2D eigenvalue weighted by Gasteiger charge is 2.39. The summed E-state index contributed by atoms with van der Waals surface area (Å²) >= 11 is 0. The molecule has 2 atom stereocenters. The number of hydrogen-bond acceptors (Lipinski definition) is 5. The molecule has 2 aliphatic rings. The molecule has 2 aromatic carbocycles. The molecule has 4 heterocycles. The zero-order valence-corrected chi connectivity index (χ0v) is 17.9. The molecule has 2 fully saturated rings. The Balaban J connectivity index is 1.39. The lowest BCUT2D eigenvalue weighted by Crippen LogP contribution is -2.43. The van der Waals surface area contributed by atoms with Crippen LogP contribution in [0.5, 0.6) is 0 Å². The lowest BCUT2D eigenvalue weighted by molar-refractivity contribution is 0.575. The average molecular weight is 429 g/mol. The Morgan fingerprint density at radius 2 is 2.00 bits per heavy atom. The van der Waals surface area contributed by atoms with Crippen LogP contribution in [0, 0.1) is 5.82 Å². The number of pyridine rings is 1. The van der Waals surface area contributed by atoms with E-state index in [1.807, 2.05) is 48.1 Å². The van der Waals surface area contributed by atoms with E-state index < -0.39 is 0 Å². The maximum atomic E-state index is 14.2. The van der Waals surface area contributed by atoms with Crippen molar-refractivity contribution in [2.24, 2.45) is 0 Å². The van der Waals surface area contributed by atoms with Crippen molar-refractivity contribution in [1.29, 1.82) is 0 Å². The summed E-state index contributed by atoms with van der Waals surface area (Å²) in [5.41, 5.74) is 2.87. The second-order valence-electron chi connectivity index (χ2n) is 8.76. The molecule has 162 valence electrons. The van der Waals surface area contributed by atoms with Gasteiger partial charge in [0.25, 0.3) is 0 Å². The molecule has 2 saturated heterocycles. The quantitative estimate of drug-likeness (QED) is 0.525. The minimum Gasteiger partial charge on any atom is -0.355 e. The van der Waals surface area contributed by atoms with E-state index in [0.717, 1.165) is 54.3 Å². The third kappa shape index (κ3) is 3.29. The van der Waals surface area contributed by atoms with Gasteiger partial charge < -0.3 is 15.1 Å². The van der Waals surface area contributed by atoms with Crippen molar-refractivity contribution >= 4 is 22.5 Å². The van der Waals surface area contributed by atoms with Crippen LogP contribution >= 0.6 is 0 Å². The first-order valence-electron chi connectivity index (χ1n) is 11.1. The van der Waals surface area contributed by atoms with Crippen LogP contribution in [0.15, 0.2) is 66.9 Å². The number of anilines is 2. The summed E-state index contributed by atoms with van der Waals surface area (Å²) in [4.78, 5) is 9.05. The molecule has 6 nitrogen and oxygen atoms in total. The Kier molecular flexibility index (Phi) is 4.57. The fourth-order valence-corrected chi connectivity index (χ4v) is 4.99. The van der Waals surface area contributed by atoms with E-state index in [1.165, 1.54) is 11.6 Å². The summed E-state index contributed by atoms with van der Waals surface area (Å²) in [6.07, 6.45) is 2.93. The van der Waals surface area contributed by atoms with Gasteiger partial charge in [0.2, 0.25) is 0 Å². The van der Waals surface area contributed by atoms with Gasteiger partial charge in [-0.1, -0.05) is 30.3 Å². The van der Waals surface area contributed by atoms with Crippen molar-refractivity contribution in [2.45, 2.75) is 25.0 Å². The number of benzene rings is 2. The Morgan fingerprint density at radius 1 is 1.12 bits per heavy atom. The number of nitrogens with zero attached hydrogens (tertiary/aromatic N) is 5. The molecular formula is C25H25FN6. The van der Waals surface area contributed by atoms with E-state index in [2.05, 4.69) is 32.2 Å². The first kappa shape index (κ1) is 19.3. The highest BCUT2D eigenvalue weighted by atomic mass is 19.1. The fourth-order valence-electron chi connectivity index (χ4n) is 4.99. The molecule has 2 aliphatic heterocycles. The summed E-state index contributed by atoms with van der Waals surface area (Å²) in [6, 6.07) is 20.2. The number of nitrogens with one attached hydrogen (secondary N) is 1. The number of halogens is 1. The van der Waals surface area contributed by atoms with E-state index in [0.29, 0.717) is 12.1 Å². The van der Waals surface area contributed by atoms with E-state index in [-0.39, 0.29) is 5.82 Å². The van der Waals surface area contributed by atoms with Gasteiger partial charge in [-0.15, -0.1) is 5.10 Å². The van der Waals surface area contributed by atoms with Crippen LogP contribution in [0.2, 0.25) is 0 Å². The molecule has 0 saturated carbocycles. The van der Waals surface area contributed by atoms with Crippen LogP contribution < -0.4 is 15.1 Å². The summed E-state index contributed by atoms with van der Waals surface area (Å²) in [6.45, 7) is 2.67. The van der Waals surface area contributed by atoms with Crippen LogP contribution in [0.25, 0.3) is 16.6 Å². The summed E-state index contributed by atoms with van der Waals surface area (Å²) in [7, 11) is 2.03. The van der Waals surface area contributed by atoms with Crippen LogP contribution in [-0.4, -0.2) is 47.0 Å². The average Bonchev–Trinajstić information content (AvgIpc) is 3.54. The Bertz CT molecular complexity index is 1270. The molecular weight excluding hydrogens is 403 g/mol. The molecule has 32 heavy (non-hydrogen) atoms. The molecule has 0 radical (unpaired) electrons. The second-order valence-corrected chi connectivity index (χ2v) is 8.76. The van der Waals surface area contributed by atoms with Crippen LogP contribution in [0.3, 0.4) is 0 Å². The maximum absolute atomic E-state index is 14.2. The first-order chi connectivity index (χ1) is 15.7. The van der Waals surface area contributed by atoms with Gasteiger partial charge in [0.05, 0.1) is 11.2 Å². The van der Waals surface area contributed by atoms with Gasteiger partial charge in [0.1, 0.15) is 11.6 Å². The summed E-state index contributed by atoms with van der Waals surface area (Å²) in [5.74, 6) is 1.52. The van der Waals surface area contributed by atoms with E-state index in [9.17, 15) is 4.39 Å². The molecule has 4 aromatic rings. The lowest BCUT2D eigenvalue weighted by atomic mass is 10.2. The molecule has 0 unspecified atom stereocenters.